The third-order valence-electron chi connectivity index (χ3n) is 4.15. The number of carbonyl (C=O) groups excluding carboxylic acids is 2. The van der Waals surface area contributed by atoms with Crippen LogP contribution in [0.1, 0.15) is 11.1 Å². The van der Waals surface area contributed by atoms with E-state index < -0.39 is 11.8 Å². The quantitative estimate of drug-likeness (QED) is 0.283. The Labute approximate surface area is 168 Å². The minimum Gasteiger partial charge on any atom is -0.489 e. The van der Waals surface area contributed by atoms with Crippen molar-refractivity contribution in [2.45, 2.75) is 6.61 Å². The number of ether oxygens (including phenoxy) is 1. The van der Waals surface area contributed by atoms with Gasteiger partial charge in [-0.25, -0.2) is 5.43 Å². The lowest BCUT2D eigenvalue weighted by molar-refractivity contribution is -0.139. The first kappa shape index (κ1) is 19.8. The average Bonchev–Trinajstić information content (AvgIpc) is 2.76. The van der Waals surface area contributed by atoms with Crippen molar-refractivity contribution in [3.05, 3.63) is 90.5 Å². The first-order valence-corrected chi connectivity index (χ1v) is 9.09. The second-order valence-electron chi connectivity index (χ2n) is 6.19. The second-order valence-corrected chi connectivity index (χ2v) is 6.19. The molecule has 3 aromatic carbocycles. The van der Waals surface area contributed by atoms with E-state index in [9.17, 15) is 9.59 Å². The number of amides is 2. The summed E-state index contributed by atoms with van der Waals surface area (Å²) in [6.45, 7) is 4.14. The van der Waals surface area contributed by atoms with Crippen molar-refractivity contribution in [1.29, 1.82) is 0 Å². The smallest absolute Gasteiger partial charge is 0.329 e. The third-order valence-corrected chi connectivity index (χ3v) is 4.15. The summed E-state index contributed by atoms with van der Waals surface area (Å²) >= 11 is 0. The number of nitrogens with zero attached hydrogens (tertiary/aromatic N) is 1. The Morgan fingerprint density at radius 1 is 0.966 bits per heavy atom. The molecule has 0 saturated heterocycles. The molecule has 0 atom stereocenters. The lowest BCUT2D eigenvalue weighted by atomic mass is 10.1. The maximum Gasteiger partial charge on any atom is 0.329 e. The van der Waals surface area contributed by atoms with Gasteiger partial charge in [0.1, 0.15) is 12.4 Å². The molecule has 29 heavy (non-hydrogen) atoms. The summed E-state index contributed by atoms with van der Waals surface area (Å²) in [5.74, 6) is -0.875. The van der Waals surface area contributed by atoms with E-state index in [1.165, 1.54) is 23.1 Å². The molecule has 0 bridgehead atoms. The van der Waals surface area contributed by atoms with Crippen LogP contribution in [0, 0.1) is 0 Å². The van der Waals surface area contributed by atoms with E-state index in [4.69, 9.17) is 4.74 Å². The Morgan fingerprint density at radius 2 is 1.72 bits per heavy atom. The number of hydrazone groups is 1. The molecule has 2 amide bonds. The summed E-state index contributed by atoms with van der Waals surface area (Å²) in [7, 11) is 0. The molecule has 0 aliphatic carbocycles. The van der Waals surface area contributed by atoms with Crippen molar-refractivity contribution in [2.24, 2.45) is 5.10 Å². The third kappa shape index (κ3) is 5.52. The normalized spacial score (nSPS) is 10.6. The van der Waals surface area contributed by atoms with Crippen LogP contribution in [0.5, 0.6) is 5.75 Å². The van der Waals surface area contributed by atoms with Gasteiger partial charge in [-0.05, 0) is 46.2 Å². The van der Waals surface area contributed by atoms with Crippen molar-refractivity contribution < 1.29 is 14.3 Å². The van der Waals surface area contributed by atoms with Crippen molar-refractivity contribution in [3.8, 4) is 5.75 Å². The average molecular weight is 387 g/mol. The maximum absolute atomic E-state index is 11.5. The molecule has 0 heterocycles. The van der Waals surface area contributed by atoms with Crippen LogP contribution in [0.3, 0.4) is 0 Å². The van der Waals surface area contributed by atoms with Crippen molar-refractivity contribution in [2.75, 3.05) is 6.54 Å². The molecule has 0 unspecified atom stereocenters. The van der Waals surface area contributed by atoms with Gasteiger partial charge < -0.3 is 10.1 Å². The van der Waals surface area contributed by atoms with Crippen LogP contribution in [0.25, 0.3) is 10.8 Å². The van der Waals surface area contributed by atoms with E-state index in [-0.39, 0.29) is 6.54 Å². The summed E-state index contributed by atoms with van der Waals surface area (Å²) in [6.07, 6.45) is 2.94. The van der Waals surface area contributed by atoms with E-state index >= 15 is 0 Å². The lowest BCUT2D eigenvalue weighted by Gasteiger charge is -2.09. The van der Waals surface area contributed by atoms with Gasteiger partial charge in [0.25, 0.3) is 0 Å². The van der Waals surface area contributed by atoms with Gasteiger partial charge in [0.15, 0.2) is 0 Å². The number of rotatable bonds is 7. The molecule has 0 fully saturated rings. The molecule has 0 saturated carbocycles. The molecule has 3 aromatic rings. The van der Waals surface area contributed by atoms with Gasteiger partial charge in [-0.2, -0.15) is 5.10 Å². The molecule has 0 spiro atoms. The first-order valence-electron chi connectivity index (χ1n) is 9.09. The Balaban J connectivity index is 1.54. The highest BCUT2D eigenvalue weighted by Crippen LogP contribution is 2.20. The molecule has 0 radical (unpaired) electrons. The van der Waals surface area contributed by atoms with Crippen molar-refractivity contribution in [1.82, 2.24) is 10.7 Å². The monoisotopic (exact) mass is 387 g/mol. The minimum absolute atomic E-state index is 0.218. The largest absolute Gasteiger partial charge is 0.489 e. The van der Waals surface area contributed by atoms with Crippen molar-refractivity contribution in [3.63, 3.8) is 0 Å². The predicted molar refractivity (Wildman–Crippen MR) is 114 cm³/mol. The molecule has 6 heteroatoms. The molecule has 0 aliphatic rings. The SMILES string of the molecule is C=CCNC(=O)C(=O)N/N=C/c1ccc(OCc2cccc3ccccc23)cc1. The topological polar surface area (TPSA) is 79.8 Å². The molecule has 3 rings (SSSR count). The molecular formula is C23H21N3O3. The van der Waals surface area contributed by atoms with Crippen LogP contribution < -0.4 is 15.5 Å². The highest BCUT2D eigenvalue weighted by atomic mass is 16.5. The highest BCUT2D eigenvalue weighted by molar-refractivity contribution is 6.35. The maximum atomic E-state index is 11.5. The summed E-state index contributed by atoms with van der Waals surface area (Å²) in [5.41, 5.74) is 4.05. The fraction of sp³-hybridized carbons (Fsp3) is 0.0870. The van der Waals surface area contributed by atoms with E-state index in [0.717, 1.165) is 16.9 Å². The van der Waals surface area contributed by atoms with Gasteiger partial charge in [0.2, 0.25) is 0 Å². The van der Waals surface area contributed by atoms with E-state index in [2.05, 4.69) is 46.7 Å². The number of carbonyl (C=O) groups is 2. The zero-order valence-electron chi connectivity index (χ0n) is 15.8. The molecule has 0 aromatic heterocycles. The Bertz CT molecular complexity index is 1040. The van der Waals surface area contributed by atoms with Gasteiger partial charge in [0.05, 0.1) is 6.21 Å². The van der Waals surface area contributed by atoms with Crippen LogP contribution in [0.15, 0.2) is 84.5 Å². The van der Waals surface area contributed by atoms with Gasteiger partial charge in [-0.15, -0.1) is 6.58 Å². The fourth-order valence-corrected chi connectivity index (χ4v) is 2.69. The van der Waals surface area contributed by atoms with E-state index in [1.807, 2.05) is 42.5 Å². The van der Waals surface area contributed by atoms with Crippen LogP contribution in [0.2, 0.25) is 0 Å². The van der Waals surface area contributed by atoms with Gasteiger partial charge in [-0.3, -0.25) is 9.59 Å². The van der Waals surface area contributed by atoms with Crippen LogP contribution in [0.4, 0.5) is 0 Å². The second kappa shape index (κ2) is 9.85. The highest BCUT2D eigenvalue weighted by Gasteiger charge is 2.10. The zero-order chi connectivity index (χ0) is 20.5. The Hall–Kier alpha value is -3.93. The van der Waals surface area contributed by atoms with Crippen LogP contribution in [-0.4, -0.2) is 24.6 Å². The number of hydrogen-bond acceptors (Lipinski definition) is 4. The van der Waals surface area contributed by atoms with E-state index in [1.54, 1.807) is 0 Å². The molecule has 2 N–H and O–H groups in total. The van der Waals surface area contributed by atoms with Crippen LogP contribution >= 0.6 is 0 Å². The molecule has 6 nitrogen and oxygen atoms in total. The standard InChI is InChI=1S/C23H21N3O3/c1-2-14-24-22(27)23(28)26-25-15-17-10-12-20(13-11-17)29-16-19-8-5-7-18-6-3-4-9-21(18)19/h2-13,15H,1,14,16H2,(H,24,27)(H,26,28)/b25-15+. The Kier molecular flexibility index (Phi) is 6.73. The van der Waals surface area contributed by atoms with Gasteiger partial charge in [-0.1, -0.05) is 48.5 Å². The Morgan fingerprint density at radius 3 is 2.52 bits per heavy atom. The lowest BCUT2D eigenvalue weighted by Crippen LogP contribution is -2.37. The first-order chi connectivity index (χ1) is 14.2. The summed E-state index contributed by atoms with van der Waals surface area (Å²) in [4.78, 5) is 22.9. The molecule has 0 aliphatic heterocycles. The summed E-state index contributed by atoms with van der Waals surface area (Å²) < 4.78 is 5.89. The summed E-state index contributed by atoms with van der Waals surface area (Å²) in [5, 5.41) is 8.50. The van der Waals surface area contributed by atoms with E-state index in [0.29, 0.717) is 6.61 Å². The molecular weight excluding hydrogens is 366 g/mol. The minimum atomic E-state index is -0.835. The number of nitrogens with one attached hydrogen (secondary N) is 2. The van der Waals surface area contributed by atoms with Gasteiger partial charge >= 0.3 is 11.8 Å². The fourth-order valence-electron chi connectivity index (χ4n) is 2.69. The number of hydrogen-bond donors (Lipinski definition) is 2. The van der Waals surface area contributed by atoms with Crippen molar-refractivity contribution >= 4 is 28.8 Å². The van der Waals surface area contributed by atoms with Gasteiger partial charge in [0, 0.05) is 6.54 Å². The predicted octanol–water partition coefficient (Wildman–Crippen LogP) is 3.17. The zero-order valence-corrected chi connectivity index (χ0v) is 15.8. The molecule has 146 valence electrons. The van der Waals surface area contributed by atoms with Crippen LogP contribution in [-0.2, 0) is 16.2 Å². The number of fused-ring (bicyclic) bond motifs is 1. The summed E-state index contributed by atoms with van der Waals surface area (Å²) in [6, 6.07) is 21.6. The number of benzene rings is 3.